The van der Waals surface area contributed by atoms with Crippen LogP contribution in [0.4, 0.5) is 0 Å². The second-order valence-corrected chi connectivity index (χ2v) is 5.44. The van der Waals surface area contributed by atoms with Gasteiger partial charge in [-0.2, -0.15) is 0 Å². The first-order valence-electron chi connectivity index (χ1n) is 7.48. The van der Waals surface area contributed by atoms with Crippen molar-refractivity contribution in [3.63, 3.8) is 0 Å². The molecule has 0 saturated carbocycles. The van der Waals surface area contributed by atoms with Crippen LogP contribution in [0.15, 0.2) is 72.8 Å². The molecule has 21 heavy (non-hydrogen) atoms. The van der Waals surface area contributed by atoms with Gasteiger partial charge in [-0.1, -0.05) is 72.8 Å². The van der Waals surface area contributed by atoms with Crippen LogP contribution in [-0.4, -0.2) is 24.2 Å². The monoisotopic (exact) mass is 279 g/mol. The average Bonchev–Trinajstić information content (AvgIpc) is 3.02. The molecule has 0 N–H and O–H groups in total. The van der Waals surface area contributed by atoms with Gasteiger partial charge in [0.25, 0.3) is 0 Å². The van der Waals surface area contributed by atoms with Gasteiger partial charge in [0.2, 0.25) is 0 Å². The summed E-state index contributed by atoms with van der Waals surface area (Å²) in [5.41, 5.74) is 2.69. The molecule has 1 aliphatic rings. The van der Waals surface area contributed by atoms with Crippen molar-refractivity contribution in [2.75, 3.05) is 13.2 Å². The van der Waals surface area contributed by atoms with Crippen LogP contribution in [0.2, 0.25) is 0 Å². The van der Waals surface area contributed by atoms with Crippen molar-refractivity contribution in [1.29, 1.82) is 0 Å². The Bertz CT molecular complexity index is 523. The molecule has 3 rings (SSSR count). The van der Waals surface area contributed by atoms with E-state index in [0.29, 0.717) is 0 Å². The molecule has 0 fully saturated rings. The van der Waals surface area contributed by atoms with Crippen molar-refractivity contribution in [1.82, 2.24) is 4.90 Å². The summed E-state index contributed by atoms with van der Waals surface area (Å²) in [6.45, 7) is 3.57. The fraction of sp³-hybridized carbons (Fsp3) is 0.263. The van der Waals surface area contributed by atoms with Gasteiger partial charge < -0.3 is 4.74 Å². The van der Waals surface area contributed by atoms with E-state index in [1.54, 1.807) is 0 Å². The lowest BCUT2D eigenvalue weighted by Gasteiger charge is -2.25. The third kappa shape index (κ3) is 4.28. The molecule has 1 heterocycles. The maximum Gasteiger partial charge on any atom is 0.0888 e. The molecule has 0 saturated heterocycles. The Morgan fingerprint density at radius 2 is 1.43 bits per heavy atom. The minimum absolute atomic E-state index is 0.220. The summed E-state index contributed by atoms with van der Waals surface area (Å²) < 4.78 is 5.71. The predicted octanol–water partition coefficient (Wildman–Crippen LogP) is 3.64. The van der Waals surface area contributed by atoms with Gasteiger partial charge in [-0.15, -0.1) is 0 Å². The third-order valence-corrected chi connectivity index (χ3v) is 3.69. The summed E-state index contributed by atoms with van der Waals surface area (Å²) >= 11 is 0. The number of hydrogen-bond acceptors (Lipinski definition) is 2. The highest BCUT2D eigenvalue weighted by Gasteiger charge is 2.15. The molecule has 2 aromatic carbocycles. The van der Waals surface area contributed by atoms with Crippen molar-refractivity contribution in [3.05, 3.63) is 83.9 Å². The van der Waals surface area contributed by atoms with Gasteiger partial charge in [0.15, 0.2) is 0 Å². The number of hydrogen-bond donors (Lipinski definition) is 0. The summed E-state index contributed by atoms with van der Waals surface area (Å²) in [7, 11) is 0. The van der Waals surface area contributed by atoms with Crippen molar-refractivity contribution in [3.8, 4) is 0 Å². The van der Waals surface area contributed by atoms with E-state index >= 15 is 0 Å². The quantitative estimate of drug-likeness (QED) is 0.748. The summed E-state index contributed by atoms with van der Waals surface area (Å²) in [6.07, 6.45) is 4.49. The van der Waals surface area contributed by atoms with Crippen LogP contribution in [0.25, 0.3) is 0 Å². The number of rotatable bonds is 6. The van der Waals surface area contributed by atoms with Crippen LogP contribution in [-0.2, 0) is 17.8 Å². The lowest BCUT2D eigenvalue weighted by atomic mass is 10.1. The zero-order chi connectivity index (χ0) is 14.3. The molecule has 108 valence electrons. The Morgan fingerprint density at radius 1 is 0.857 bits per heavy atom. The molecule has 0 amide bonds. The van der Waals surface area contributed by atoms with E-state index in [0.717, 1.165) is 26.2 Å². The van der Waals surface area contributed by atoms with Gasteiger partial charge in [0, 0.05) is 19.6 Å². The molecule has 2 heteroatoms. The van der Waals surface area contributed by atoms with Crippen LogP contribution in [0, 0.1) is 0 Å². The van der Waals surface area contributed by atoms with Gasteiger partial charge in [0.1, 0.15) is 0 Å². The maximum atomic E-state index is 5.71. The van der Waals surface area contributed by atoms with E-state index < -0.39 is 0 Å². The standard InChI is InChI=1S/C19H21NO/c1-3-8-17(9-4-1)14-20(16-19-12-7-13-21-19)15-18-10-5-2-6-11-18/h1-12,19H,13-16H2/t19-/m1/s1. The van der Waals surface area contributed by atoms with E-state index in [2.05, 4.69) is 77.7 Å². The normalized spacial score (nSPS) is 17.5. The van der Waals surface area contributed by atoms with Crippen molar-refractivity contribution >= 4 is 0 Å². The maximum absolute atomic E-state index is 5.71. The minimum atomic E-state index is 0.220. The molecule has 0 unspecified atom stereocenters. The number of nitrogens with zero attached hydrogens (tertiary/aromatic N) is 1. The first-order chi connectivity index (χ1) is 10.4. The van der Waals surface area contributed by atoms with Gasteiger partial charge >= 0.3 is 0 Å². The van der Waals surface area contributed by atoms with E-state index in [9.17, 15) is 0 Å². The number of ether oxygens (including phenoxy) is 1. The highest BCUT2D eigenvalue weighted by molar-refractivity contribution is 5.17. The lowest BCUT2D eigenvalue weighted by Crippen LogP contribution is -2.31. The highest BCUT2D eigenvalue weighted by Crippen LogP contribution is 2.13. The third-order valence-electron chi connectivity index (χ3n) is 3.69. The molecule has 1 atom stereocenters. The highest BCUT2D eigenvalue weighted by atomic mass is 16.5. The first kappa shape index (κ1) is 14.1. The molecule has 0 spiro atoms. The van der Waals surface area contributed by atoms with Gasteiger partial charge in [-0.25, -0.2) is 0 Å². The summed E-state index contributed by atoms with van der Waals surface area (Å²) in [6, 6.07) is 21.3. The fourth-order valence-corrected chi connectivity index (χ4v) is 2.68. The molecule has 2 nitrogen and oxygen atoms in total. The predicted molar refractivity (Wildman–Crippen MR) is 85.9 cm³/mol. The zero-order valence-electron chi connectivity index (χ0n) is 12.2. The fourth-order valence-electron chi connectivity index (χ4n) is 2.68. The topological polar surface area (TPSA) is 12.5 Å². The van der Waals surface area contributed by atoms with Crippen LogP contribution >= 0.6 is 0 Å². The second-order valence-electron chi connectivity index (χ2n) is 5.44. The van der Waals surface area contributed by atoms with Crippen LogP contribution < -0.4 is 0 Å². The molecule has 2 aromatic rings. The average molecular weight is 279 g/mol. The van der Waals surface area contributed by atoms with Crippen LogP contribution in [0.3, 0.4) is 0 Å². The Kier molecular flexibility index (Phi) is 4.82. The summed E-state index contributed by atoms with van der Waals surface area (Å²) in [5.74, 6) is 0. The molecule has 0 radical (unpaired) electrons. The van der Waals surface area contributed by atoms with Crippen molar-refractivity contribution in [2.24, 2.45) is 0 Å². The zero-order valence-corrected chi connectivity index (χ0v) is 12.2. The Labute approximate surface area is 126 Å². The van der Waals surface area contributed by atoms with Gasteiger partial charge in [-0.3, -0.25) is 4.90 Å². The van der Waals surface area contributed by atoms with Gasteiger partial charge in [-0.05, 0) is 11.1 Å². The van der Waals surface area contributed by atoms with Crippen molar-refractivity contribution in [2.45, 2.75) is 19.2 Å². The van der Waals surface area contributed by atoms with Crippen LogP contribution in [0.5, 0.6) is 0 Å². The van der Waals surface area contributed by atoms with E-state index in [-0.39, 0.29) is 6.10 Å². The van der Waals surface area contributed by atoms with E-state index in [1.165, 1.54) is 11.1 Å². The molecular weight excluding hydrogens is 258 g/mol. The summed E-state index contributed by atoms with van der Waals surface area (Å²) in [5, 5.41) is 0. The molecule has 0 aromatic heterocycles. The van der Waals surface area contributed by atoms with Crippen LogP contribution in [0.1, 0.15) is 11.1 Å². The SMILES string of the molecule is C1=C[C@H](CN(Cc2ccccc2)Cc2ccccc2)OC1. The Balaban J connectivity index is 1.69. The van der Waals surface area contributed by atoms with Gasteiger partial charge in [0.05, 0.1) is 12.7 Å². The van der Waals surface area contributed by atoms with E-state index in [1.807, 2.05) is 0 Å². The lowest BCUT2D eigenvalue weighted by molar-refractivity contribution is 0.0829. The summed E-state index contributed by atoms with van der Waals surface area (Å²) in [4.78, 5) is 2.45. The molecule has 1 aliphatic heterocycles. The molecule has 0 aliphatic carbocycles. The second kappa shape index (κ2) is 7.21. The minimum Gasteiger partial charge on any atom is -0.369 e. The van der Waals surface area contributed by atoms with E-state index in [4.69, 9.17) is 4.74 Å². The largest absolute Gasteiger partial charge is 0.369 e. The molecular formula is C19H21NO. The smallest absolute Gasteiger partial charge is 0.0888 e. The first-order valence-corrected chi connectivity index (χ1v) is 7.48. The Morgan fingerprint density at radius 3 is 1.90 bits per heavy atom. The van der Waals surface area contributed by atoms with Crippen molar-refractivity contribution < 1.29 is 4.74 Å². The number of benzene rings is 2. The Hall–Kier alpha value is -1.90. The molecule has 0 bridgehead atoms.